The molecule has 2 heterocycles. The standard InChI is InChI=1S/C13H18N4O5/c14-12(15)11-9(13(16)21)8(6(22-11)4-7(18)19)10(20)5-2-1-3-17-5/h5,9,11,17H,1-4H2,(H3,14,15)(H2,16,21)(H,18,19)/t5-,9?,11?/m0/s1. The van der Waals surface area contributed by atoms with E-state index < -0.39 is 48.0 Å². The molecule has 0 aromatic rings. The van der Waals surface area contributed by atoms with Gasteiger partial charge in [0, 0.05) is 0 Å². The lowest BCUT2D eigenvalue weighted by Gasteiger charge is -2.18. The van der Waals surface area contributed by atoms with Gasteiger partial charge in [-0.2, -0.15) is 0 Å². The van der Waals surface area contributed by atoms with E-state index in [9.17, 15) is 14.4 Å². The Labute approximate surface area is 126 Å². The number of carboxylic acid groups (broad SMARTS) is 1. The Bertz CT molecular complexity index is 565. The van der Waals surface area contributed by atoms with Crippen molar-refractivity contribution < 1.29 is 24.2 Å². The van der Waals surface area contributed by atoms with Crippen molar-refractivity contribution in [2.45, 2.75) is 31.4 Å². The van der Waals surface area contributed by atoms with E-state index in [1.165, 1.54) is 0 Å². The number of nitrogens with one attached hydrogen (secondary N) is 2. The predicted octanol–water partition coefficient (Wildman–Crippen LogP) is -1.53. The topological polar surface area (TPSA) is 169 Å². The zero-order valence-corrected chi connectivity index (χ0v) is 11.8. The summed E-state index contributed by atoms with van der Waals surface area (Å²) in [6.45, 7) is 0.663. The quantitative estimate of drug-likeness (QED) is 0.293. The normalized spacial score (nSPS) is 27.5. The number of ether oxygens (including phenoxy) is 1. The van der Waals surface area contributed by atoms with Gasteiger partial charge in [0.25, 0.3) is 0 Å². The van der Waals surface area contributed by atoms with E-state index in [0.717, 1.165) is 6.42 Å². The third-order valence-corrected chi connectivity index (χ3v) is 3.75. The summed E-state index contributed by atoms with van der Waals surface area (Å²) in [5.74, 6) is -4.36. The van der Waals surface area contributed by atoms with Crippen molar-refractivity contribution in [2.75, 3.05) is 6.54 Å². The number of hydrogen-bond donors (Lipinski definition) is 5. The van der Waals surface area contributed by atoms with Gasteiger partial charge in [-0.1, -0.05) is 0 Å². The molecule has 120 valence electrons. The summed E-state index contributed by atoms with van der Waals surface area (Å²) in [4.78, 5) is 35.3. The third-order valence-electron chi connectivity index (χ3n) is 3.75. The van der Waals surface area contributed by atoms with E-state index >= 15 is 0 Å². The summed E-state index contributed by atoms with van der Waals surface area (Å²) in [6, 6.07) is -0.505. The molecular formula is C13H18N4O5. The molecule has 0 saturated carbocycles. The smallest absolute Gasteiger partial charge is 0.311 e. The van der Waals surface area contributed by atoms with Crippen LogP contribution in [0.4, 0.5) is 0 Å². The molecule has 0 spiro atoms. The number of hydrogen-bond acceptors (Lipinski definition) is 6. The van der Waals surface area contributed by atoms with E-state index in [1.807, 2.05) is 0 Å². The second-order valence-corrected chi connectivity index (χ2v) is 5.29. The van der Waals surface area contributed by atoms with Gasteiger partial charge < -0.3 is 26.6 Å². The first-order valence-electron chi connectivity index (χ1n) is 6.85. The first kappa shape index (κ1) is 16.0. The number of carbonyl (C=O) groups is 3. The molecule has 0 aromatic heterocycles. The monoisotopic (exact) mass is 310 g/mol. The molecule has 22 heavy (non-hydrogen) atoms. The largest absolute Gasteiger partial charge is 0.485 e. The maximum atomic E-state index is 12.6. The van der Waals surface area contributed by atoms with Crippen molar-refractivity contribution in [1.82, 2.24) is 5.32 Å². The maximum Gasteiger partial charge on any atom is 0.311 e. The fourth-order valence-corrected chi connectivity index (χ4v) is 2.81. The Morgan fingerprint density at radius 2 is 2.05 bits per heavy atom. The Morgan fingerprint density at radius 3 is 2.50 bits per heavy atom. The summed E-state index contributed by atoms with van der Waals surface area (Å²) in [7, 11) is 0. The number of carboxylic acids is 1. The molecule has 2 rings (SSSR count). The fourth-order valence-electron chi connectivity index (χ4n) is 2.81. The van der Waals surface area contributed by atoms with Crippen molar-refractivity contribution in [3.05, 3.63) is 11.3 Å². The van der Waals surface area contributed by atoms with Gasteiger partial charge in [-0.15, -0.1) is 0 Å². The highest BCUT2D eigenvalue weighted by Crippen LogP contribution is 2.35. The molecule has 0 aromatic carbocycles. The van der Waals surface area contributed by atoms with Gasteiger partial charge in [-0.05, 0) is 19.4 Å². The Hall–Kier alpha value is -2.42. The van der Waals surface area contributed by atoms with E-state index in [2.05, 4.69) is 5.32 Å². The highest BCUT2D eigenvalue weighted by atomic mass is 16.5. The number of Topliss-reactive ketones (excluding diaryl/α,β-unsaturated/α-hetero) is 1. The first-order valence-corrected chi connectivity index (χ1v) is 6.85. The van der Waals surface area contributed by atoms with Crippen LogP contribution in [-0.4, -0.2) is 47.3 Å². The molecule has 0 radical (unpaired) electrons. The molecule has 9 nitrogen and oxygen atoms in total. The van der Waals surface area contributed by atoms with Crippen molar-refractivity contribution in [3.8, 4) is 0 Å². The van der Waals surface area contributed by atoms with E-state index in [4.69, 9.17) is 26.7 Å². The maximum absolute atomic E-state index is 12.6. The number of amidine groups is 1. The molecule has 1 amide bonds. The summed E-state index contributed by atoms with van der Waals surface area (Å²) in [5, 5.41) is 19.4. The van der Waals surface area contributed by atoms with Crippen LogP contribution in [0, 0.1) is 11.3 Å². The van der Waals surface area contributed by atoms with E-state index in [-0.39, 0.29) is 11.3 Å². The van der Waals surface area contributed by atoms with Crippen LogP contribution in [0.2, 0.25) is 0 Å². The highest BCUT2D eigenvalue weighted by molar-refractivity contribution is 6.08. The van der Waals surface area contributed by atoms with Crippen LogP contribution >= 0.6 is 0 Å². The molecule has 0 bridgehead atoms. The van der Waals surface area contributed by atoms with Gasteiger partial charge in [0.05, 0.1) is 11.6 Å². The molecule has 2 unspecified atom stereocenters. The van der Waals surface area contributed by atoms with Crippen molar-refractivity contribution >= 4 is 23.5 Å². The van der Waals surface area contributed by atoms with Gasteiger partial charge in [0.1, 0.15) is 23.9 Å². The lowest BCUT2D eigenvalue weighted by atomic mass is 9.87. The molecular weight excluding hydrogens is 292 g/mol. The summed E-state index contributed by atoms with van der Waals surface area (Å²) >= 11 is 0. The Balaban J connectivity index is 2.42. The second-order valence-electron chi connectivity index (χ2n) is 5.29. The van der Waals surface area contributed by atoms with Crippen molar-refractivity contribution in [1.29, 1.82) is 5.41 Å². The van der Waals surface area contributed by atoms with Crippen LogP contribution in [0.5, 0.6) is 0 Å². The van der Waals surface area contributed by atoms with Crippen LogP contribution < -0.4 is 16.8 Å². The van der Waals surface area contributed by atoms with Crippen LogP contribution in [0.3, 0.4) is 0 Å². The number of rotatable bonds is 6. The minimum Gasteiger partial charge on any atom is -0.485 e. The zero-order valence-electron chi connectivity index (χ0n) is 11.8. The Morgan fingerprint density at radius 1 is 1.36 bits per heavy atom. The van der Waals surface area contributed by atoms with Gasteiger partial charge in [0.15, 0.2) is 11.9 Å². The van der Waals surface area contributed by atoms with Crippen LogP contribution in [0.25, 0.3) is 0 Å². The third kappa shape index (κ3) is 2.93. The van der Waals surface area contributed by atoms with Crippen molar-refractivity contribution in [3.63, 3.8) is 0 Å². The summed E-state index contributed by atoms with van der Waals surface area (Å²) in [5.41, 5.74) is 10.6. The number of carbonyl (C=O) groups excluding carboxylic acids is 2. The highest BCUT2D eigenvalue weighted by Gasteiger charge is 2.47. The average Bonchev–Trinajstić information content (AvgIpc) is 3.03. The minimum atomic E-state index is -1.23. The van der Waals surface area contributed by atoms with E-state index in [1.54, 1.807) is 0 Å². The number of amides is 1. The average molecular weight is 310 g/mol. The number of aliphatic carboxylic acids is 1. The van der Waals surface area contributed by atoms with Gasteiger partial charge in [0.2, 0.25) is 5.91 Å². The molecule has 3 atom stereocenters. The molecule has 9 heteroatoms. The predicted molar refractivity (Wildman–Crippen MR) is 74.8 cm³/mol. The SMILES string of the molecule is N=C(N)C1OC(CC(=O)O)=C(C(=O)[C@@H]2CCCN2)C1C(N)=O. The van der Waals surface area contributed by atoms with Gasteiger partial charge in [-0.25, -0.2) is 0 Å². The van der Waals surface area contributed by atoms with Crippen LogP contribution in [0.1, 0.15) is 19.3 Å². The van der Waals surface area contributed by atoms with Crippen molar-refractivity contribution in [2.24, 2.45) is 17.4 Å². The fraction of sp³-hybridized carbons (Fsp3) is 0.538. The molecule has 7 N–H and O–H groups in total. The lowest BCUT2D eigenvalue weighted by Crippen LogP contribution is -2.43. The number of ketones is 1. The van der Waals surface area contributed by atoms with Crippen LogP contribution in [-0.2, 0) is 19.1 Å². The molecule has 1 fully saturated rings. The lowest BCUT2D eigenvalue weighted by molar-refractivity contribution is -0.136. The second kappa shape index (κ2) is 6.14. The zero-order chi connectivity index (χ0) is 16.4. The first-order chi connectivity index (χ1) is 10.3. The summed E-state index contributed by atoms with van der Waals surface area (Å²) < 4.78 is 5.30. The van der Waals surface area contributed by atoms with E-state index in [0.29, 0.717) is 13.0 Å². The number of primary amides is 1. The number of nitrogens with two attached hydrogens (primary N) is 2. The minimum absolute atomic E-state index is 0.0745. The molecule has 2 aliphatic rings. The molecule has 2 aliphatic heterocycles. The van der Waals surface area contributed by atoms with Gasteiger partial charge in [-0.3, -0.25) is 19.8 Å². The van der Waals surface area contributed by atoms with Gasteiger partial charge >= 0.3 is 5.97 Å². The summed E-state index contributed by atoms with van der Waals surface area (Å²) in [6.07, 6.45) is -0.414. The molecule has 0 aliphatic carbocycles. The molecule has 1 saturated heterocycles. The van der Waals surface area contributed by atoms with Crippen LogP contribution in [0.15, 0.2) is 11.3 Å². The Kier molecular flexibility index (Phi) is 4.45.